The minimum atomic E-state index is -0.120. The van der Waals surface area contributed by atoms with Gasteiger partial charge < -0.3 is 0 Å². The first-order valence-corrected chi connectivity index (χ1v) is 4.54. The van der Waals surface area contributed by atoms with E-state index in [1.54, 1.807) is 0 Å². The lowest BCUT2D eigenvalue weighted by molar-refractivity contribution is -0.125. The third-order valence-corrected chi connectivity index (χ3v) is 2.78. The molecule has 1 fully saturated rings. The molecule has 1 heteroatoms. The molecule has 1 aliphatic rings. The number of hydrogen-bond acceptors (Lipinski definition) is 1. The minimum Gasteiger partial charge on any atom is -0.299 e. The molecule has 1 nitrogen and oxygen atoms in total. The quantitative estimate of drug-likeness (QED) is 0.576. The van der Waals surface area contributed by atoms with Crippen molar-refractivity contribution in [1.82, 2.24) is 0 Å². The summed E-state index contributed by atoms with van der Waals surface area (Å²) in [6, 6.07) is 0. The number of allylic oxidation sites excluding steroid dienone is 1. The third kappa shape index (κ3) is 1.60. The highest BCUT2D eigenvalue weighted by Gasteiger charge is 2.45. The normalized spacial score (nSPS) is 33.8. The monoisotopic (exact) mass is 166 g/mol. The van der Waals surface area contributed by atoms with Crippen molar-refractivity contribution in [2.45, 2.75) is 40.0 Å². The molecule has 1 unspecified atom stereocenters. The fourth-order valence-electron chi connectivity index (χ4n) is 2.37. The second-order valence-corrected chi connectivity index (χ2v) is 4.99. The maximum atomic E-state index is 11.7. The van der Waals surface area contributed by atoms with Gasteiger partial charge in [0, 0.05) is 11.8 Å². The molecule has 0 radical (unpaired) electrons. The smallest absolute Gasteiger partial charge is 0.139 e. The molecule has 0 aromatic carbocycles. The Kier molecular flexibility index (Phi) is 2.15. The zero-order valence-electron chi connectivity index (χ0n) is 8.31. The predicted octanol–water partition coefficient (Wildman–Crippen LogP) is 2.96. The van der Waals surface area contributed by atoms with Crippen molar-refractivity contribution >= 4 is 5.78 Å². The molecule has 1 aliphatic carbocycles. The molecule has 0 N–H and O–H groups in total. The number of hydrogen-bond donors (Lipinski definition) is 0. The van der Waals surface area contributed by atoms with Crippen molar-refractivity contribution in [2.75, 3.05) is 0 Å². The van der Waals surface area contributed by atoms with E-state index in [2.05, 4.69) is 27.4 Å². The molecule has 0 bridgehead atoms. The molecule has 0 aromatic heterocycles. The summed E-state index contributed by atoms with van der Waals surface area (Å²) in [7, 11) is 0. The SMILES string of the molecule is C=CCC1(C)CC(C)(C)CC1=O. The molecular formula is C11H18O. The van der Waals surface area contributed by atoms with Gasteiger partial charge in [0.15, 0.2) is 0 Å². The van der Waals surface area contributed by atoms with Gasteiger partial charge in [0.05, 0.1) is 0 Å². The van der Waals surface area contributed by atoms with Gasteiger partial charge in [-0.2, -0.15) is 0 Å². The van der Waals surface area contributed by atoms with Crippen LogP contribution in [0.4, 0.5) is 0 Å². The van der Waals surface area contributed by atoms with Crippen LogP contribution in [0.25, 0.3) is 0 Å². The van der Waals surface area contributed by atoms with Crippen LogP contribution in [0.2, 0.25) is 0 Å². The summed E-state index contributed by atoms with van der Waals surface area (Å²) in [5.41, 5.74) is 0.0834. The summed E-state index contributed by atoms with van der Waals surface area (Å²) in [6.07, 6.45) is 4.43. The van der Waals surface area contributed by atoms with Gasteiger partial charge in [-0.25, -0.2) is 0 Å². The van der Waals surface area contributed by atoms with Crippen LogP contribution in [0, 0.1) is 10.8 Å². The van der Waals surface area contributed by atoms with E-state index in [1.165, 1.54) is 0 Å². The van der Waals surface area contributed by atoms with Gasteiger partial charge in [-0.15, -0.1) is 6.58 Å². The van der Waals surface area contributed by atoms with Crippen molar-refractivity contribution in [1.29, 1.82) is 0 Å². The zero-order chi connectivity index (χ0) is 9.41. The van der Waals surface area contributed by atoms with Crippen LogP contribution in [-0.2, 0) is 4.79 Å². The third-order valence-electron chi connectivity index (χ3n) is 2.78. The Morgan fingerprint density at radius 1 is 1.50 bits per heavy atom. The molecule has 0 amide bonds. The van der Waals surface area contributed by atoms with E-state index in [1.807, 2.05) is 6.08 Å². The molecule has 0 heterocycles. The van der Waals surface area contributed by atoms with E-state index in [-0.39, 0.29) is 10.8 Å². The van der Waals surface area contributed by atoms with Gasteiger partial charge in [0.2, 0.25) is 0 Å². The lowest BCUT2D eigenvalue weighted by atomic mass is 9.80. The van der Waals surface area contributed by atoms with Crippen molar-refractivity contribution < 1.29 is 4.79 Å². The largest absolute Gasteiger partial charge is 0.299 e. The van der Waals surface area contributed by atoms with E-state index in [4.69, 9.17) is 0 Å². The second-order valence-electron chi connectivity index (χ2n) is 4.99. The maximum Gasteiger partial charge on any atom is 0.139 e. The average molecular weight is 166 g/mol. The first-order chi connectivity index (χ1) is 5.40. The van der Waals surface area contributed by atoms with E-state index < -0.39 is 0 Å². The van der Waals surface area contributed by atoms with Crippen LogP contribution in [-0.4, -0.2) is 5.78 Å². The number of rotatable bonds is 2. The van der Waals surface area contributed by atoms with E-state index >= 15 is 0 Å². The Morgan fingerprint density at radius 3 is 2.42 bits per heavy atom. The molecule has 0 aliphatic heterocycles. The molecule has 1 atom stereocenters. The van der Waals surface area contributed by atoms with E-state index in [9.17, 15) is 4.79 Å². The highest BCUT2D eigenvalue weighted by atomic mass is 16.1. The molecule has 68 valence electrons. The first kappa shape index (κ1) is 9.50. The summed E-state index contributed by atoms with van der Waals surface area (Å²) < 4.78 is 0. The second kappa shape index (κ2) is 2.72. The van der Waals surface area contributed by atoms with Crippen LogP contribution in [0.5, 0.6) is 0 Å². The Hall–Kier alpha value is -0.590. The van der Waals surface area contributed by atoms with Crippen LogP contribution in [0.3, 0.4) is 0 Å². The van der Waals surface area contributed by atoms with Crippen LogP contribution >= 0.6 is 0 Å². The van der Waals surface area contributed by atoms with Gasteiger partial charge in [0.25, 0.3) is 0 Å². The average Bonchev–Trinajstić information content (AvgIpc) is 2.02. The van der Waals surface area contributed by atoms with Crippen LogP contribution in [0.15, 0.2) is 12.7 Å². The summed E-state index contributed by atoms with van der Waals surface area (Å²) in [4.78, 5) is 11.7. The van der Waals surface area contributed by atoms with Gasteiger partial charge in [-0.1, -0.05) is 26.8 Å². The first-order valence-electron chi connectivity index (χ1n) is 4.54. The Morgan fingerprint density at radius 2 is 2.08 bits per heavy atom. The van der Waals surface area contributed by atoms with Crippen LogP contribution < -0.4 is 0 Å². The van der Waals surface area contributed by atoms with Crippen LogP contribution in [0.1, 0.15) is 40.0 Å². The highest BCUT2D eigenvalue weighted by Crippen LogP contribution is 2.48. The van der Waals surface area contributed by atoms with E-state index in [0.29, 0.717) is 5.78 Å². The number of ketones is 1. The van der Waals surface area contributed by atoms with E-state index in [0.717, 1.165) is 19.3 Å². The zero-order valence-corrected chi connectivity index (χ0v) is 8.31. The van der Waals surface area contributed by atoms with Gasteiger partial charge >= 0.3 is 0 Å². The predicted molar refractivity (Wildman–Crippen MR) is 50.9 cm³/mol. The lowest BCUT2D eigenvalue weighted by Crippen LogP contribution is -2.20. The molecule has 1 rings (SSSR count). The Labute approximate surface area is 74.9 Å². The molecule has 0 spiro atoms. The minimum absolute atomic E-state index is 0.120. The Bertz CT molecular complexity index is 215. The fraction of sp³-hybridized carbons (Fsp3) is 0.727. The summed E-state index contributed by atoms with van der Waals surface area (Å²) >= 11 is 0. The van der Waals surface area contributed by atoms with Gasteiger partial charge in [-0.3, -0.25) is 4.79 Å². The standard InChI is InChI=1S/C11H18O/c1-5-6-11(4)8-10(2,3)7-9(11)12/h5H,1,6-8H2,2-4H3. The molecule has 0 aromatic rings. The Balaban J connectivity index is 2.81. The highest BCUT2D eigenvalue weighted by molar-refractivity contribution is 5.87. The lowest BCUT2D eigenvalue weighted by Gasteiger charge is -2.22. The number of Topliss-reactive ketones (excluding diaryl/α,β-unsaturated/α-hetero) is 1. The summed E-state index contributed by atoms with van der Waals surface area (Å²) in [6.45, 7) is 10.1. The topological polar surface area (TPSA) is 17.1 Å². The maximum absolute atomic E-state index is 11.7. The van der Waals surface area contributed by atoms with Crippen molar-refractivity contribution in [2.24, 2.45) is 10.8 Å². The van der Waals surface area contributed by atoms with Crippen molar-refractivity contribution in [3.05, 3.63) is 12.7 Å². The van der Waals surface area contributed by atoms with Gasteiger partial charge in [-0.05, 0) is 18.3 Å². The molecular weight excluding hydrogens is 148 g/mol. The van der Waals surface area contributed by atoms with Crippen molar-refractivity contribution in [3.8, 4) is 0 Å². The van der Waals surface area contributed by atoms with Crippen molar-refractivity contribution in [3.63, 3.8) is 0 Å². The summed E-state index contributed by atoms with van der Waals surface area (Å²) in [5.74, 6) is 0.410. The molecule has 1 saturated carbocycles. The molecule has 0 saturated heterocycles. The van der Waals surface area contributed by atoms with Gasteiger partial charge in [0.1, 0.15) is 5.78 Å². The number of carbonyl (C=O) groups is 1. The summed E-state index contributed by atoms with van der Waals surface area (Å²) in [5, 5.41) is 0. The molecule has 12 heavy (non-hydrogen) atoms. The fourth-order valence-corrected chi connectivity index (χ4v) is 2.37. The number of carbonyl (C=O) groups excluding carboxylic acids is 1.